The maximum absolute atomic E-state index is 12.9. The van der Waals surface area contributed by atoms with Crippen LogP contribution < -0.4 is 5.56 Å². The average Bonchev–Trinajstić information content (AvgIpc) is 2.61. The third kappa shape index (κ3) is 4.52. The van der Waals surface area contributed by atoms with Crippen molar-refractivity contribution >= 4 is 17.5 Å². The van der Waals surface area contributed by atoms with E-state index in [1.807, 2.05) is 30.9 Å². The lowest BCUT2D eigenvalue weighted by atomic mass is 10.1. The molecule has 0 spiro atoms. The highest BCUT2D eigenvalue weighted by atomic mass is 35.5. The van der Waals surface area contributed by atoms with Crippen LogP contribution in [0.3, 0.4) is 0 Å². The summed E-state index contributed by atoms with van der Waals surface area (Å²) in [4.78, 5) is 32.1. The Hall–Kier alpha value is -2.14. The fourth-order valence-corrected chi connectivity index (χ4v) is 3.08. The van der Waals surface area contributed by atoms with Crippen LogP contribution in [0.25, 0.3) is 11.4 Å². The van der Waals surface area contributed by atoms with Crippen LogP contribution in [-0.2, 0) is 11.3 Å². The summed E-state index contributed by atoms with van der Waals surface area (Å²) in [6.45, 7) is 8.97. The lowest BCUT2D eigenvalue weighted by molar-refractivity contribution is -0.132. The minimum atomic E-state index is -0.186. The molecule has 1 heterocycles. The molecule has 5 nitrogen and oxygen atoms in total. The number of hydrogen-bond acceptors (Lipinski definition) is 3. The minimum Gasteiger partial charge on any atom is -0.341 e. The second kappa shape index (κ2) is 8.99. The van der Waals surface area contributed by atoms with Crippen molar-refractivity contribution in [1.82, 2.24) is 14.5 Å². The van der Waals surface area contributed by atoms with Gasteiger partial charge >= 0.3 is 0 Å². The molecule has 0 aliphatic heterocycles. The van der Waals surface area contributed by atoms with Crippen molar-refractivity contribution in [3.63, 3.8) is 0 Å². The molecule has 1 aromatic heterocycles. The summed E-state index contributed by atoms with van der Waals surface area (Å²) in [6, 6.07) is 7.18. The van der Waals surface area contributed by atoms with Gasteiger partial charge in [0.05, 0.1) is 0 Å². The molecule has 0 bridgehead atoms. The van der Waals surface area contributed by atoms with Crippen molar-refractivity contribution in [2.75, 3.05) is 13.1 Å². The van der Waals surface area contributed by atoms with Gasteiger partial charge in [0.1, 0.15) is 12.4 Å². The lowest BCUT2D eigenvalue weighted by Crippen LogP contribution is -2.38. The Balaban J connectivity index is 2.51. The molecule has 0 saturated heterocycles. The van der Waals surface area contributed by atoms with Crippen LogP contribution in [0, 0.1) is 13.8 Å². The predicted octanol–water partition coefficient (Wildman–Crippen LogP) is 3.83. The molecular weight excluding hydrogens is 350 g/mol. The highest BCUT2D eigenvalue weighted by Crippen LogP contribution is 2.21. The Morgan fingerprint density at radius 1 is 1.19 bits per heavy atom. The van der Waals surface area contributed by atoms with Crippen LogP contribution >= 0.6 is 11.6 Å². The molecule has 0 aliphatic carbocycles. The molecule has 0 fully saturated rings. The first-order valence-corrected chi connectivity index (χ1v) is 9.38. The second-order valence-corrected chi connectivity index (χ2v) is 6.86. The quantitative estimate of drug-likeness (QED) is 0.739. The number of hydrogen-bond donors (Lipinski definition) is 0. The maximum atomic E-state index is 12.9. The van der Waals surface area contributed by atoms with Crippen molar-refractivity contribution in [3.05, 3.63) is 50.9 Å². The van der Waals surface area contributed by atoms with Gasteiger partial charge in [0.25, 0.3) is 5.56 Å². The first-order chi connectivity index (χ1) is 12.4. The fraction of sp³-hybridized carbons (Fsp3) is 0.450. The molecule has 2 aromatic rings. The number of halogens is 1. The normalized spacial score (nSPS) is 10.8. The van der Waals surface area contributed by atoms with Gasteiger partial charge in [-0.05, 0) is 38.8 Å². The van der Waals surface area contributed by atoms with E-state index in [0.29, 0.717) is 35.2 Å². The number of carbonyl (C=O) groups is 1. The number of amides is 1. The van der Waals surface area contributed by atoms with Crippen molar-refractivity contribution in [2.45, 2.75) is 47.1 Å². The first-order valence-electron chi connectivity index (χ1n) is 9.00. The molecule has 6 heteroatoms. The fourth-order valence-electron chi connectivity index (χ4n) is 2.89. The van der Waals surface area contributed by atoms with Crippen molar-refractivity contribution in [2.24, 2.45) is 0 Å². The Bertz CT molecular complexity index is 839. The molecule has 0 aliphatic rings. The third-order valence-corrected chi connectivity index (χ3v) is 4.59. The van der Waals surface area contributed by atoms with Gasteiger partial charge in [-0.3, -0.25) is 14.2 Å². The number of aryl methyl sites for hydroxylation is 1. The molecule has 2 rings (SSSR count). The van der Waals surface area contributed by atoms with E-state index in [1.54, 1.807) is 26.0 Å². The van der Waals surface area contributed by atoms with Gasteiger partial charge in [-0.2, -0.15) is 0 Å². The summed E-state index contributed by atoms with van der Waals surface area (Å²) in [7, 11) is 0. The van der Waals surface area contributed by atoms with Gasteiger partial charge in [-0.25, -0.2) is 4.98 Å². The first kappa shape index (κ1) is 20.2. The molecule has 0 radical (unpaired) electrons. The molecule has 0 N–H and O–H groups in total. The predicted molar refractivity (Wildman–Crippen MR) is 106 cm³/mol. The number of benzene rings is 1. The summed E-state index contributed by atoms with van der Waals surface area (Å²) >= 11 is 6.11. The van der Waals surface area contributed by atoms with Crippen molar-refractivity contribution in [3.8, 4) is 11.4 Å². The zero-order valence-corrected chi connectivity index (χ0v) is 16.6. The van der Waals surface area contributed by atoms with E-state index in [1.165, 1.54) is 4.57 Å². The maximum Gasteiger partial charge on any atom is 0.257 e. The molecule has 26 heavy (non-hydrogen) atoms. The molecule has 140 valence electrons. The van der Waals surface area contributed by atoms with E-state index in [4.69, 9.17) is 11.6 Å². The summed E-state index contributed by atoms with van der Waals surface area (Å²) in [5, 5.41) is 0.562. The monoisotopic (exact) mass is 375 g/mol. The van der Waals surface area contributed by atoms with Crippen molar-refractivity contribution in [1.29, 1.82) is 0 Å². The molecule has 1 aromatic carbocycles. The average molecular weight is 376 g/mol. The van der Waals surface area contributed by atoms with Gasteiger partial charge in [-0.15, -0.1) is 0 Å². The topological polar surface area (TPSA) is 55.2 Å². The second-order valence-electron chi connectivity index (χ2n) is 6.43. The van der Waals surface area contributed by atoms with E-state index >= 15 is 0 Å². The third-order valence-electron chi connectivity index (χ3n) is 4.35. The standard InChI is InChI=1S/C20H26ClN3O2/c1-5-10-23(11-6-2)18(25)13-24-19(16-8-7-9-17(21)12-16)22-15(4)14(3)20(24)26/h7-9,12H,5-6,10-11,13H2,1-4H3. The summed E-state index contributed by atoms with van der Waals surface area (Å²) in [6.07, 6.45) is 1.76. The Morgan fingerprint density at radius 2 is 1.85 bits per heavy atom. The van der Waals surface area contributed by atoms with E-state index in [9.17, 15) is 9.59 Å². The Labute approximate surface area is 159 Å². The Morgan fingerprint density at radius 3 is 2.42 bits per heavy atom. The van der Waals surface area contributed by atoms with E-state index in [0.717, 1.165) is 18.4 Å². The number of aromatic nitrogens is 2. The zero-order chi connectivity index (χ0) is 19.3. The van der Waals surface area contributed by atoms with Crippen LogP contribution in [0.15, 0.2) is 29.1 Å². The van der Waals surface area contributed by atoms with Crippen LogP contribution in [-0.4, -0.2) is 33.4 Å². The van der Waals surface area contributed by atoms with E-state index in [-0.39, 0.29) is 18.0 Å². The molecule has 0 atom stereocenters. The van der Waals surface area contributed by atoms with Crippen LogP contribution in [0.5, 0.6) is 0 Å². The van der Waals surface area contributed by atoms with Crippen LogP contribution in [0.1, 0.15) is 37.9 Å². The summed E-state index contributed by atoms with van der Waals surface area (Å²) in [5.74, 6) is 0.408. The number of rotatable bonds is 7. The highest BCUT2D eigenvalue weighted by molar-refractivity contribution is 6.30. The minimum absolute atomic E-state index is 0.0190. The Kier molecular flexibility index (Phi) is 6.98. The summed E-state index contributed by atoms with van der Waals surface area (Å²) < 4.78 is 1.47. The van der Waals surface area contributed by atoms with E-state index < -0.39 is 0 Å². The van der Waals surface area contributed by atoms with Gasteiger partial charge in [-0.1, -0.05) is 37.6 Å². The molecule has 1 amide bonds. The van der Waals surface area contributed by atoms with Gasteiger partial charge in [0, 0.05) is 34.9 Å². The highest BCUT2D eigenvalue weighted by Gasteiger charge is 2.19. The largest absolute Gasteiger partial charge is 0.341 e. The van der Waals surface area contributed by atoms with Crippen LogP contribution in [0.2, 0.25) is 5.02 Å². The van der Waals surface area contributed by atoms with Crippen LogP contribution in [0.4, 0.5) is 0 Å². The lowest BCUT2D eigenvalue weighted by Gasteiger charge is -2.23. The summed E-state index contributed by atoms with van der Waals surface area (Å²) in [5.41, 5.74) is 1.76. The van der Waals surface area contributed by atoms with E-state index in [2.05, 4.69) is 4.98 Å². The van der Waals surface area contributed by atoms with Crippen molar-refractivity contribution < 1.29 is 4.79 Å². The SMILES string of the molecule is CCCN(CCC)C(=O)Cn1c(-c2cccc(Cl)c2)nc(C)c(C)c1=O. The zero-order valence-electron chi connectivity index (χ0n) is 15.9. The molecule has 0 unspecified atom stereocenters. The molecular formula is C20H26ClN3O2. The van der Waals surface area contributed by atoms with Gasteiger partial charge in [0.2, 0.25) is 5.91 Å². The van der Waals surface area contributed by atoms with Gasteiger partial charge in [0.15, 0.2) is 0 Å². The number of carbonyl (C=O) groups excluding carboxylic acids is 1. The van der Waals surface area contributed by atoms with Gasteiger partial charge < -0.3 is 4.90 Å². The molecule has 0 saturated carbocycles. The number of nitrogens with zero attached hydrogens (tertiary/aromatic N) is 3. The smallest absolute Gasteiger partial charge is 0.257 e.